The van der Waals surface area contributed by atoms with Crippen LogP contribution < -0.4 is 10.2 Å². The van der Waals surface area contributed by atoms with Crippen LogP contribution in [0.25, 0.3) is 0 Å². The molecule has 2 atom stereocenters. The molecule has 5 heteroatoms. The van der Waals surface area contributed by atoms with Gasteiger partial charge in [-0.15, -0.1) is 0 Å². The summed E-state index contributed by atoms with van der Waals surface area (Å²) in [5.74, 6) is 0.321. The number of carbonyl (C=O) groups is 2. The highest BCUT2D eigenvalue weighted by atomic mass is 16.2. The second-order valence-electron chi connectivity index (χ2n) is 6.74. The maximum Gasteiger partial charge on any atom is 0.252 e. The van der Waals surface area contributed by atoms with Crippen LogP contribution in [-0.2, 0) is 4.79 Å². The summed E-state index contributed by atoms with van der Waals surface area (Å²) in [4.78, 5) is 28.4. The minimum absolute atomic E-state index is 0.112. The number of hydrogen-bond acceptors (Lipinski definition) is 3. The minimum Gasteiger partial charge on any atom is -0.378 e. The van der Waals surface area contributed by atoms with E-state index in [2.05, 4.69) is 17.5 Å². The van der Waals surface area contributed by atoms with E-state index in [0.717, 1.165) is 31.5 Å². The fourth-order valence-electron chi connectivity index (χ4n) is 3.31. The normalized spacial score (nSPS) is 21.2. The number of benzene rings is 1. The first kappa shape index (κ1) is 16.6. The molecule has 1 aliphatic carbocycles. The quantitative estimate of drug-likeness (QED) is 0.667. The molecule has 5 nitrogen and oxygen atoms in total. The van der Waals surface area contributed by atoms with E-state index in [1.807, 2.05) is 48.2 Å². The standard InChI is InChI=1S/C19H25N3O2/c1-21(2)16-10-8-15(9-11-16)19(24)20-18(22-13-12-17(22)23)14-6-4-3-5-7-14/h3-4,8-11,14,18H,5-7,12-13H2,1-2H3,(H,20,24). The van der Waals surface area contributed by atoms with Gasteiger partial charge in [0, 0.05) is 44.2 Å². The molecule has 1 fully saturated rings. The van der Waals surface area contributed by atoms with Crippen LogP contribution in [0.15, 0.2) is 36.4 Å². The van der Waals surface area contributed by atoms with Crippen LogP contribution in [0.4, 0.5) is 5.69 Å². The van der Waals surface area contributed by atoms with E-state index in [-0.39, 0.29) is 18.0 Å². The Hall–Kier alpha value is -2.30. The molecular weight excluding hydrogens is 302 g/mol. The van der Waals surface area contributed by atoms with Crippen molar-refractivity contribution in [1.29, 1.82) is 0 Å². The Morgan fingerprint density at radius 1 is 1.25 bits per heavy atom. The van der Waals surface area contributed by atoms with Crippen LogP contribution in [0.2, 0.25) is 0 Å². The Kier molecular flexibility index (Phi) is 4.88. The molecule has 1 aromatic carbocycles. The number of β-lactam (4-membered cyclic amide) rings is 1. The number of amides is 2. The SMILES string of the molecule is CN(C)c1ccc(C(=O)NC(C2CC=CCC2)N2CCC2=O)cc1. The zero-order chi connectivity index (χ0) is 17.1. The number of nitrogens with zero attached hydrogens (tertiary/aromatic N) is 2. The number of anilines is 1. The summed E-state index contributed by atoms with van der Waals surface area (Å²) < 4.78 is 0. The van der Waals surface area contributed by atoms with E-state index in [4.69, 9.17) is 0 Å². The van der Waals surface area contributed by atoms with Crippen LogP contribution in [0, 0.1) is 5.92 Å². The molecule has 1 N–H and O–H groups in total. The maximum atomic E-state index is 12.6. The van der Waals surface area contributed by atoms with Gasteiger partial charge in [-0.3, -0.25) is 9.59 Å². The number of nitrogens with one attached hydrogen (secondary N) is 1. The van der Waals surface area contributed by atoms with Crippen molar-refractivity contribution in [2.75, 3.05) is 25.5 Å². The summed E-state index contributed by atoms with van der Waals surface area (Å²) in [7, 11) is 3.94. The zero-order valence-electron chi connectivity index (χ0n) is 14.4. The highest BCUT2D eigenvalue weighted by molar-refractivity contribution is 5.95. The molecule has 0 radical (unpaired) electrons. The van der Waals surface area contributed by atoms with Crippen molar-refractivity contribution in [3.63, 3.8) is 0 Å². The third-order valence-electron chi connectivity index (χ3n) is 4.90. The van der Waals surface area contributed by atoms with Gasteiger partial charge in [0.1, 0.15) is 6.17 Å². The van der Waals surface area contributed by atoms with Gasteiger partial charge >= 0.3 is 0 Å². The first-order valence-corrected chi connectivity index (χ1v) is 8.59. The van der Waals surface area contributed by atoms with Crippen molar-refractivity contribution in [3.05, 3.63) is 42.0 Å². The Morgan fingerprint density at radius 2 is 2.00 bits per heavy atom. The van der Waals surface area contributed by atoms with Crippen molar-refractivity contribution < 1.29 is 9.59 Å². The van der Waals surface area contributed by atoms with Crippen molar-refractivity contribution in [1.82, 2.24) is 10.2 Å². The summed E-state index contributed by atoms with van der Waals surface area (Å²) in [6.07, 6.45) is 7.65. The van der Waals surface area contributed by atoms with Gasteiger partial charge < -0.3 is 15.1 Å². The number of allylic oxidation sites excluding steroid dienone is 2. The lowest BCUT2D eigenvalue weighted by Crippen LogP contribution is -2.60. The molecule has 2 unspecified atom stereocenters. The Morgan fingerprint density at radius 3 is 2.50 bits per heavy atom. The molecule has 2 amide bonds. The summed E-state index contributed by atoms with van der Waals surface area (Å²) >= 11 is 0. The van der Waals surface area contributed by atoms with E-state index in [9.17, 15) is 9.59 Å². The van der Waals surface area contributed by atoms with Crippen molar-refractivity contribution in [3.8, 4) is 0 Å². The van der Waals surface area contributed by atoms with Gasteiger partial charge in [0.05, 0.1) is 0 Å². The van der Waals surface area contributed by atoms with E-state index in [1.165, 1.54) is 0 Å². The second-order valence-corrected chi connectivity index (χ2v) is 6.74. The van der Waals surface area contributed by atoms with Crippen LogP contribution in [0.3, 0.4) is 0 Å². The molecule has 2 aliphatic rings. The van der Waals surface area contributed by atoms with Gasteiger partial charge in [0.15, 0.2) is 0 Å². The predicted octanol–water partition coefficient (Wildman–Crippen LogP) is 2.40. The summed E-state index contributed by atoms with van der Waals surface area (Å²) in [5, 5.41) is 3.10. The lowest BCUT2D eigenvalue weighted by atomic mass is 9.89. The van der Waals surface area contributed by atoms with Crippen LogP contribution in [0.5, 0.6) is 0 Å². The first-order chi connectivity index (χ1) is 11.6. The molecular formula is C19H25N3O2. The lowest BCUT2D eigenvalue weighted by molar-refractivity contribution is -0.145. The van der Waals surface area contributed by atoms with Gasteiger partial charge in [-0.05, 0) is 43.5 Å². The highest BCUT2D eigenvalue weighted by Crippen LogP contribution is 2.27. The summed E-state index contributed by atoms with van der Waals surface area (Å²) in [6, 6.07) is 7.53. The number of carbonyl (C=O) groups excluding carboxylic acids is 2. The van der Waals surface area contributed by atoms with E-state index in [0.29, 0.717) is 17.9 Å². The number of rotatable bonds is 5. The Balaban J connectivity index is 1.72. The van der Waals surface area contributed by atoms with Crippen LogP contribution in [-0.4, -0.2) is 43.5 Å². The molecule has 0 spiro atoms. The lowest BCUT2D eigenvalue weighted by Gasteiger charge is -2.42. The van der Waals surface area contributed by atoms with Crippen LogP contribution >= 0.6 is 0 Å². The highest BCUT2D eigenvalue weighted by Gasteiger charge is 2.36. The average molecular weight is 327 g/mol. The number of likely N-dealkylation sites (tertiary alicyclic amines) is 1. The van der Waals surface area contributed by atoms with Gasteiger partial charge in [-0.2, -0.15) is 0 Å². The van der Waals surface area contributed by atoms with E-state index >= 15 is 0 Å². The molecule has 3 rings (SSSR count). The smallest absolute Gasteiger partial charge is 0.252 e. The molecule has 1 saturated heterocycles. The zero-order valence-corrected chi connectivity index (χ0v) is 14.4. The van der Waals surface area contributed by atoms with Gasteiger partial charge in [0.25, 0.3) is 5.91 Å². The largest absolute Gasteiger partial charge is 0.378 e. The van der Waals surface area contributed by atoms with Gasteiger partial charge in [0.2, 0.25) is 5.91 Å². The fraction of sp³-hybridized carbons (Fsp3) is 0.474. The maximum absolute atomic E-state index is 12.6. The molecule has 128 valence electrons. The topological polar surface area (TPSA) is 52.7 Å². The Labute approximate surface area is 143 Å². The molecule has 1 aromatic rings. The van der Waals surface area contributed by atoms with Crippen molar-refractivity contribution in [2.45, 2.75) is 31.8 Å². The monoisotopic (exact) mass is 327 g/mol. The third-order valence-corrected chi connectivity index (χ3v) is 4.90. The molecule has 24 heavy (non-hydrogen) atoms. The predicted molar refractivity (Wildman–Crippen MR) is 94.8 cm³/mol. The summed E-state index contributed by atoms with van der Waals surface area (Å²) in [5.41, 5.74) is 1.68. The molecule has 1 heterocycles. The molecule has 0 saturated carbocycles. The summed E-state index contributed by atoms with van der Waals surface area (Å²) in [6.45, 7) is 0.740. The third kappa shape index (κ3) is 3.45. The molecule has 0 bridgehead atoms. The average Bonchev–Trinajstić information content (AvgIpc) is 2.60. The fourth-order valence-corrected chi connectivity index (χ4v) is 3.31. The number of hydrogen-bond donors (Lipinski definition) is 1. The van der Waals surface area contributed by atoms with E-state index < -0.39 is 0 Å². The van der Waals surface area contributed by atoms with Crippen molar-refractivity contribution in [2.24, 2.45) is 5.92 Å². The Bertz CT molecular complexity index is 637. The second kappa shape index (κ2) is 7.07. The van der Waals surface area contributed by atoms with Crippen molar-refractivity contribution >= 4 is 17.5 Å². The van der Waals surface area contributed by atoms with Crippen LogP contribution in [0.1, 0.15) is 36.0 Å². The first-order valence-electron chi connectivity index (χ1n) is 8.59. The molecule has 1 aliphatic heterocycles. The van der Waals surface area contributed by atoms with Gasteiger partial charge in [-0.1, -0.05) is 12.2 Å². The van der Waals surface area contributed by atoms with Gasteiger partial charge in [-0.25, -0.2) is 0 Å². The van der Waals surface area contributed by atoms with E-state index in [1.54, 1.807) is 0 Å². The molecule has 0 aromatic heterocycles. The minimum atomic E-state index is -0.197.